The average Bonchev–Trinajstić information content (AvgIpc) is 3.29. The van der Waals surface area contributed by atoms with Gasteiger partial charge in [-0.2, -0.15) is 9.40 Å². The molecule has 1 saturated heterocycles. The third-order valence-corrected chi connectivity index (χ3v) is 7.60. The van der Waals surface area contributed by atoms with E-state index in [-0.39, 0.29) is 16.1 Å². The minimum atomic E-state index is -3.60. The maximum absolute atomic E-state index is 13.0. The van der Waals surface area contributed by atoms with E-state index < -0.39 is 20.9 Å². The summed E-state index contributed by atoms with van der Waals surface area (Å²) < 4.78 is 29.0. The second kappa shape index (κ2) is 9.35. The van der Waals surface area contributed by atoms with Crippen molar-refractivity contribution < 1.29 is 18.1 Å². The van der Waals surface area contributed by atoms with E-state index in [0.29, 0.717) is 36.3 Å². The van der Waals surface area contributed by atoms with Crippen molar-refractivity contribution in [3.63, 3.8) is 0 Å². The second-order valence-electron chi connectivity index (χ2n) is 8.69. The van der Waals surface area contributed by atoms with Gasteiger partial charge in [0.2, 0.25) is 10.0 Å². The van der Waals surface area contributed by atoms with Crippen molar-refractivity contribution >= 4 is 27.3 Å². The van der Waals surface area contributed by atoms with Crippen molar-refractivity contribution in [2.45, 2.75) is 25.2 Å². The van der Waals surface area contributed by atoms with E-state index in [1.165, 1.54) is 57.8 Å². The fraction of sp³-hybridized carbons (Fsp3) is 0.304. The number of benzene rings is 2. The zero-order valence-corrected chi connectivity index (χ0v) is 19.6. The number of non-ortho nitro benzene ring substituents is 1. The molecule has 0 bridgehead atoms. The number of anilines is 1. The number of nitro benzene ring substituents is 1. The first-order valence-electron chi connectivity index (χ1n) is 10.8. The molecule has 1 N–H and O–H groups in total. The number of carbonyl (C=O) groups excluding carboxylic acids is 1. The third kappa shape index (κ3) is 5.00. The molecular formula is C23H25N5O5S. The van der Waals surface area contributed by atoms with Crippen LogP contribution < -0.4 is 5.32 Å². The highest BCUT2D eigenvalue weighted by molar-refractivity contribution is 7.89. The predicted molar refractivity (Wildman–Crippen MR) is 126 cm³/mol. The van der Waals surface area contributed by atoms with Gasteiger partial charge in [-0.05, 0) is 54.7 Å². The smallest absolute Gasteiger partial charge is 0.269 e. The van der Waals surface area contributed by atoms with Gasteiger partial charge < -0.3 is 5.32 Å². The maximum atomic E-state index is 13.0. The van der Waals surface area contributed by atoms with Gasteiger partial charge >= 0.3 is 0 Å². The van der Waals surface area contributed by atoms with Crippen LogP contribution in [0, 0.1) is 22.0 Å². The molecule has 2 atom stereocenters. The van der Waals surface area contributed by atoms with Gasteiger partial charge in [0.25, 0.3) is 11.6 Å². The molecule has 4 rings (SSSR count). The van der Waals surface area contributed by atoms with Crippen LogP contribution in [0.25, 0.3) is 5.69 Å². The van der Waals surface area contributed by atoms with Crippen LogP contribution in [0.2, 0.25) is 0 Å². The topological polar surface area (TPSA) is 127 Å². The van der Waals surface area contributed by atoms with E-state index in [0.717, 1.165) is 6.42 Å². The van der Waals surface area contributed by atoms with E-state index >= 15 is 0 Å². The Hall–Kier alpha value is -3.57. The Morgan fingerprint density at radius 3 is 2.26 bits per heavy atom. The Morgan fingerprint density at radius 1 is 1.06 bits per heavy atom. The zero-order chi connectivity index (χ0) is 24.5. The summed E-state index contributed by atoms with van der Waals surface area (Å²) in [6.45, 7) is 5.12. The quantitative estimate of drug-likeness (QED) is 0.421. The minimum Gasteiger partial charge on any atom is -0.322 e. The molecule has 2 unspecified atom stereocenters. The number of aromatic nitrogens is 2. The second-order valence-corrected chi connectivity index (χ2v) is 10.6. The van der Waals surface area contributed by atoms with Crippen LogP contribution in [0.15, 0.2) is 65.8 Å². The molecule has 1 fully saturated rings. The zero-order valence-electron chi connectivity index (χ0n) is 18.8. The molecule has 34 heavy (non-hydrogen) atoms. The Morgan fingerprint density at radius 2 is 1.68 bits per heavy atom. The lowest BCUT2D eigenvalue weighted by molar-refractivity contribution is -0.384. The highest BCUT2D eigenvalue weighted by Gasteiger charge is 2.31. The number of amides is 1. The summed E-state index contributed by atoms with van der Waals surface area (Å²) in [5.41, 5.74) is 1.27. The molecule has 1 aliphatic heterocycles. The minimum absolute atomic E-state index is 0.0383. The Kier molecular flexibility index (Phi) is 6.49. The van der Waals surface area contributed by atoms with Crippen LogP contribution in [-0.2, 0) is 10.0 Å². The first-order chi connectivity index (χ1) is 16.1. The third-order valence-electron chi connectivity index (χ3n) is 5.76. The number of nitro groups is 1. The molecule has 10 nitrogen and oxygen atoms in total. The number of rotatable bonds is 6. The number of piperidine rings is 1. The van der Waals surface area contributed by atoms with Crippen LogP contribution in [0.3, 0.4) is 0 Å². The fourth-order valence-corrected chi connectivity index (χ4v) is 5.85. The molecule has 0 radical (unpaired) electrons. The largest absolute Gasteiger partial charge is 0.322 e. The lowest BCUT2D eigenvalue weighted by Gasteiger charge is -2.34. The SMILES string of the molecule is CC1CC(C)CN(S(=O)(=O)c2ccc(NC(=O)c3cnn(-c4ccc([N+](=O)[O-])cc4)c3)cc2)C1. The molecule has 3 aromatic rings. The van der Waals surface area contributed by atoms with Crippen LogP contribution in [0.5, 0.6) is 0 Å². The molecule has 0 aliphatic carbocycles. The number of carbonyl (C=O) groups is 1. The molecule has 2 heterocycles. The van der Waals surface area contributed by atoms with Crippen molar-refractivity contribution in [3.05, 3.63) is 76.6 Å². The highest BCUT2D eigenvalue weighted by Crippen LogP contribution is 2.27. The molecule has 0 saturated carbocycles. The van der Waals surface area contributed by atoms with Gasteiger partial charge in [-0.3, -0.25) is 14.9 Å². The molecular weight excluding hydrogens is 458 g/mol. The van der Waals surface area contributed by atoms with Crippen LogP contribution in [0.1, 0.15) is 30.6 Å². The van der Waals surface area contributed by atoms with Crippen LogP contribution in [0.4, 0.5) is 11.4 Å². The monoisotopic (exact) mass is 483 g/mol. The first kappa shape index (κ1) is 23.6. The Bertz CT molecular complexity index is 1290. The number of hydrogen-bond donors (Lipinski definition) is 1. The van der Waals surface area contributed by atoms with E-state index in [4.69, 9.17) is 0 Å². The van der Waals surface area contributed by atoms with E-state index in [1.54, 1.807) is 12.1 Å². The van der Waals surface area contributed by atoms with Crippen molar-refractivity contribution in [3.8, 4) is 5.69 Å². The van der Waals surface area contributed by atoms with Gasteiger partial charge in [-0.15, -0.1) is 0 Å². The van der Waals surface area contributed by atoms with E-state index in [1.807, 2.05) is 0 Å². The number of nitrogens with one attached hydrogen (secondary N) is 1. The Labute approximate surface area is 197 Å². The summed E-state index contributed by atoms with van der Waals surface area (Å²) >= 11 is 0. The molecule has 1 amide bonds. The molecule has 2 aromatic carbocycles. The number of hydrogen-bond acceptors (Lipinski definition) is 6. The summed E-state index contributed by atoms with van der Waals surface area (Å²) in [4.78, 5) is 23.1. The molecule has 0 spiro atoms. The summed E-state index contributed by atoms with van der Waals surface area (Å²) in [5.74, 6) is 0.204. The van der Waals surface area contributed by atoms with Crippen molar-refractivity contribution in [1.29, 1.82) is 0 Å². The van der Waals surface area contributed by atoms with Crippen molar-refractivity contribution in [2.75, 3.05) is 18.4 Å². The molecule has 11 heteroatoms. The van der Waals surface area contributed by atoms with Gasteiger partial charge in [0.05, 0.1) is 27.3 Å². The van der Waals surface area contributed by atoms with Gasteiger partial charge in [0.1, 0.15) is 0 Å². The number of sulfonamides is 1. The van der Waals surface area contributed by atoms with Crippen molar-refractivity contribution in [1.82, 2.24) is 14.1 Å². The average molecular weight is 484 g/mol. The summed E-state index contributed by atoms with van der Waals surface area (Å²) in [5, 5.41) is 17.7. The standard InChI is InChI=1S/C23H25N5O5S/c1-16-11-17(2)14-26(13-16)34(32,33)22-9-3-19(4-10-22)25-23(29)18-12-24-27(15-18)20-5-7-21(8-6-20)28(30)31/h3-10,12,15-17H,11,13-14H2,1-2H3,(H,25,29). The van der Waals surface area contributed by atoms with E-state index in [2.05, 4.69) is 24.3 Å². The van der Waals surface area contributed by atoms with Crippen LogP contribution in [-0.4, -0.2) is 46.4 Å². The van der Waals surface area contributed by atoms with Gasteiger partial charge in [-0.25, -0.2) is 13.1 Å². The Balaban J connectivity index is 1.44. The van der Waals surface area contributed by atoms with Gasteiger partial charge in [-0.1, -0.05) is 13.8 Å². The van der Waals surface area contributed by atoms with Gasteiger partial charge in [0, 0.05) is 37.1 Å². The first-order valence-corrected chi connectivity index (χ1v) is 12.3. The van der Waals surface area contributed by atoms with Gasteiger partial charge in [0.15, 0.2) is 0 Å². The fourth-order valence-electron chi connectivity index (χ4n) is 4.17. The number of nitrogens with zero attached hydrogens (tertiary/aromatic N) is 4. The lowest BCUT2D eigenvalue weighted by atomic mass is 9.94. The highest BCUT2D eigenvalue weighted by atomic mass is 32.2. The predicted octanol–water partition coefficient (Wildman–Crippen LogP) is 3.70. The van der Waals surface area contributed by atoms with Crippen LogP contribution >= 0.6 is 0 Å². The summed E-state index contributed by atoms with van der Waals surface area (Å²) in [7, 11) is -3.60. The maximum Gasteiger partial charge on any atom is 0.269 e. The summed E-state index contributed by atoms with van der Waals surface area (Å²) in [6.07, 6.45) is 3.90. The normalized spacial score (nSPS) is 19.0. The molecule has 178 valence electrons. The summed E-state index contributed by atoms with van der Waals surface area (Å²) in [6, 6.07) is 11.9. The molecule has 1 aromatic heterocycles. The molecule has 1 aliphatic rings. The van der Waals surface area contributed by atoms with Crippen molar-refractivity contribution in [2.24, 2.45) is 11.8 Å². The van der Waals surface area contributed by atoms with E-state index in [9.17, 15) is 23.3 Å². The lowest BCUT2D eigenvalue weighted by Crippen LogP contribution is -2.42.